The van der Waals surface area contributed by atoms with Crippen molar-refractivity contribution in [1.29, 1.82) is 0 Å². The van der Waals surface area contributed by atoms with E-state index >= 15 is 0 Å². The second-order valence-corrected chi connectivity index (χ2v) is 7.62. The van der Waals surface area contributed by atoms with E-state index in [-0.39, 0.29) is 11.9 Å². The summed E-state index contributed by atoms with van der Waals surface area (Å²) in [5, 5.41) is 10.5. The van der Waals surface area contributed by atoms with Crippen LogP contribution in [0.15, 0.2) is 15.6 Å². The van der Waals surface area contributed by atoms with Crippen LogP contribution in [-0.4, -0.2) is 72.6 Å². The van der Waals surface area contributed by atoms with Crippen LogP contribution in [0.2, 0.25) is 0 Å². The van der Waals surface area contributed by atoms with Gasteiger partial charge in [-0.2, -0.15) is 0 Å². The first-order valence-electron chi connectivity index (χ1n) is 10.4. The molecule has 1 aliphatic heterocycles. The molecule has 0 radical (unpaired) electrons. The zero-order valence-corrected chi connectivity index (χ0v) is 18.0. The van der Waals surface area contributed by atoms with E-state index in [0.29, 0.717) is 19.0 Å². The molecule has 0 saturated carbocycles. The lowest BCUT2D eigenvalue weighted by Crippen LogP contribution is -2.54. The summed E-state index contributed by atoms with van der Waals surface area (Å²) in [6.07, 6.45) is 2.13. The van der Waals surface area contributed by atoms with Gasteiger partial charge in [0.1, 0.15) is 0 Å². The summed E-state index contributed by atoms with van der Waals surface area (Å²) >= 11 is 0. The molecule has 1 aliphatic rings. The minimum absolute atomic E-state index is 0.0875. The second kappa shape index (κ2) is 11.0. The lowest BCUT2D eigenvalue weighted by atomic mass is 9.99. The molecule has 1 amide bonds. The number of aliphatic imine (C=N–C) groups is 1. The Hall–Kier alpha value is -2.09. The molecule has 0 bridgehead atoms. The summed E-state index contributed by atoms with van der Waals surface area (Å²) < 4.78 is 5.49. The van der Waals surface area contributed by atoms with Crippen molar-refractivity contribution < 1.29 is 9.32 Å². The molecule has 0 unspecified atom stereocenters. The lowest BCUT2D eigenvalue weighted by molar-refractivity contribution is -0.123. The van der Waals surface area contributed by atoms with Gasteiger partial charge in [0.05, 0.1) is 18.8 Å². The van der Waals surface area contributed by atoms with Gasteiger partial charge in [0.25, 0.3) is 0 Å². The van der Waals surface area contributed by atoms with Crippen molar-refractivity contribution in [3.63, 3.8) is 0 Å². The van der Waals surface area contributed by atoms with Gasteiger partial charge in [-0.15, -0.1) is 0 Å². The Morgan fingerprint density at radius 3 is 2.50 bits per heavy atom. The van der Waals surface area contributed by atoms with E-state index in [1.165, 1.54) is 0 Å². The number of amides is 1. The van der Waals surface area contributed by atoms with Crippen molar-refractivity contribution in [2.75, 3.05) is 39.8 Å². The third-order valence-corrected chi connectivity index (χ3v) is 5.10. The van der Waals surface area contributed by atoms with E-state index < -0.39 is 0 Å². The van der Waals surface area contributed by atoms with Crippen LogP contribution < -0.4 is 10.6 Å². The van der Waals surface area contributed by atoms with Crippen molar-refractivity contribution in [3.8, 4) is 0 Å². The molecule has 1 fully saturated rings. The number of carbonyl (C=O) groups excluding carboxylic acids is 1. The van der Waals surface area contributed by atoms with Crippen LogP contribution in [0.3, 0.4) is 0 Å². The van der Waals surface area contributed by atoms with Crippen LogP contribution in [-0.2, 0) is 11.3 Å². The zero-order valence-electron chi connectivity index (χ0n) is 18.0. The summed E-state index contributed by atoms with van der Waals surface area (Å²) in [7, 11) is 1.79. The molecule has 158 valence electrons. The predicted molar refractivity (Wildman–Crippen MR) is 111 cm³/mol. The maximum atomic E-state index is 11.9. The normalized spacial score (nSPS) is 16.1. The zero-order chi connectivity index (χ0) is 20.5. The first-order chi connectivity index (χ1) is 13.5. The quantitative estimate of drug-likeness (QED) is 0.518. The predicted octanol–water partition coefficient (Wildman–Crippen LogP) is 1.80. The molecule has 8 heteroatoms. The van der Waals surface area contributed by atoms with E-state index in [2.05, 4.69) is 44.4 Å². The van der Waals surface area contributed by atoms with E-state index in [1.54, 1.807) is 7.05 Å². The number of aromatic nitrogens is 1. The molecule has 1 saturated heterocycles. The van der Waals surface area contributed by atoms with Crippen LogP contribution >= 0.6 is 0 Å². The van der Waals surface area contributed by atoms with Crippen LogP contribution in [0, 0.1) is 0 Å². The Kier molecular flexibility index (Phi) is 8.76. The Bertz CT molecular complexity index is 630. The van der Waals surface area contributed by atoms with E-state index in [9.17, 15) is 4.79 Å². The number of carbonyl (C=O) groups is 1. The monoisotopic (exact) mass is 392 g/mol. The highest BCUT2D eigenvalue weighted by molar-refractivity contribution is 5.80. The van der Waals surface area contributed by atoms with Gasteiger partial charge in [-0.3, -0.25) is 14.7 Å². The smallest absolute Gasteiger partial charge is 0.234 e. The number of hydrogen-bond donors (Lipinski definition) is 2. The fourth-order valence-corrected chi connectivity index (χ4v) is 3.50. The van der Waals surface area contributed by atoms with Gasteiger partial charge < -0.3 is 20.1 Å². The number of hydrogen-bond acceptors (Lipinski definition) is 5. The molecule has 2 rings (SSSR count). The van der Waals surface area contributed by atoms with Gasteiger partial charge in [-0.1, -0.05) is 19.0 Å². The van der Waals surface area contributed by atoms with Crippen LogP contribution in [0.25, 0.3) is 0 Å². The minimum Gasteiger partial charge on any atom is -0.359 e. The molecule has 0 aromatic carbocycles. The fraction of sp³-hybridized carbons (Fsp3) is 0.750. The maximum absolute atomic E-state index is 11.9. The van der Waals surface area contributed by atoms with Gasteiger partial charge >= 0.3 is 0 Å². The van der Waals surface area contributed by atoms with Crippen molar-refractivity contribution in [2.24, 2.45) is 4.99 Å². The standard InChI is InChI=1S/C20H36N6O2/c1-6-16(7-2)18-12-17(28-24-18)13-22-20(21-5)26-10-8-25(9-11-26)14-19(27)23-15(3)4/h12,15-16H,6-11,13-14H2,1-5H3,(H,21,22)(H,23,27). The molecule has 2 N–H and O–H groups in total. The third kappa shape index (κ3) is 6.51. The summed E-state index contributed by atoms with van der Waals surface area (Å²) in [5.74, 6) is 2.22. The molecule has 2 heterocycles. The van der Waals surface area contributed by atoms with E-state index in [0.717, 1.165) is 56.4 Å². The highest BCUT2D eigenvalue weighted by atomic mass is 16.5. The van der Waals surface area contributed by atoms with Crippen molar-refractivity contribution >= 4 is 11.9 Å². The highest BCUT2D eigenvalue weighted by Crippen LogP contribution is 2.22. The van der Waals surface area contributed by atoms with Gasteiger partial charge in [-0.05, 0) is 26.7 Å². The molecular weight excluding hydrogens is 356 g/mol. The summed E-state index contributed by atoms with van der Waals surface area (Å²) in [5.41, 5.74) is 1.03. The van der Waals surface area contributed by atoms with Crippen LogP contribution in [0.4, 0.5) is 0 Å². The van der Waals surface area contributed by atoms with Crippen LogP contribution in [0.5, 0.6) is 0 Å². The fourth-order valence-electron chi connectivity index (χ4n) is 3.50. The van der Waals surface area contributed by atoms with Gasteiger partial charge in [-0.25, -0.2) is 0 Å². The van der Waals surface area contributed by atoms with E-state index in [1.807, 2.05) is 19.9 Å². The number of nitrogens with one attached hydrogen (secondary N) is 2. The SMILES string of the molecule is CCC(CC)c1cc(CNC(=NC)N2CCN(CC(=O)NC(C)C)CC2)on1. The topological polar surface area (TPSA) is 86.0 Å². The Labute approximate surface area is 168 Å². The number of nitrogens with zero attached hydrogens (tertiary/aromatic N) is 4. The lowest BCUT2D eigenvalue weighted by Gasteiger charge is -2.36. The molecule has 8 nitrogen and oxygen atoms in total. The summed E-state index contributed by atoms with van der Waals surface area (Å²) in [6.45, 7) is 12.7. The first-order valence-corrected chi connectivity index (χ1v) is 10.4. The van der Waals surface area contributed by atoms with Gasteiger partial charge in [0, 0.05) is 51.3 Å². The van der Waals surface area contributed by atoms with Crippen molar-refractivity contribution in [2.45, 2.75) is 59.0 Å². The molecule has 0 atom stereocenters. The summed E-state index contributed by atoms with van der Waals surface area (Å²) in [6, 6.07) is 2.22. The minimum atomic E-state index is 0.0875. The maximum Gasteiger partial charge on any atom is 0.234 e. The molecule has 1 aromatic rings. The Morgan fingerprint density at radius 2 is 1.93 bits per heavy atom. The second-order valence-electron chi connectivity index (χ2n) is 7.62. The van der Waals surface area contributed by atoms with Crippen LogP contribution in [0.1, 0.15) is 57.9 Å². The highest BCUT2D eigenvalue weighted by Gasteiger charge is 2.21. The molecule has 1 aromatic heterocycles. The molecular formula is C20H36N6O2. The number of piperazine rings is 1. The average molecular weight is 393 g/mol. The third-order valence-electron chi connectivity index (χ3n) is 5.10. The first kappa shape index (κ1) is 22.2. The average Bonchev–Trinajstić information content (AvgIpc) is 3.12. The largest absolute Gasteiger partial charge is 0.359 e. The summed E-state index contributed by atoms with van der Waals surface area (Å²) in [4.78, 5) is 20.7. The Morgan fingerprint density at radius 1 is 1.25 bits per heavy atom. The van der Waals surface area contributed by atoms with Gasteiger partial charge in [0.2, 0.25) is 5.91 Å². The van der Waals surface area contributed by atoms with Crippen molar-refractivity contribution in [3.05, 3.63) is 17.5 Å². The Balaban J connectivity index is 1.79. The number of rotatable bonds is 8. The van der Waals surface area contributed by atoms with E-state index in [4.69, 9.17) is 4.52 Å². The molecule has 0 aliphatic carbocycles. The van der Waals surface area contributed by atoms with Gasteiger partial charge in [0.15, 0.2) is 11.7 Å². The molecule has 0 spiro atoms. The van der Waals surface area contributed by atoms with Crippen molar-refractivity contribution in [1.82, 2.24) is 25.6 Å². The molecule has 28 heavy (non-hydrogen) atoms. The number of guanidine groups is 1.